The van der Waals surface area contributed by atoms with Crippen LogP contribution in [0.2, 0.25) is 0 Å². The maximum atomic E-state index is 3.34. The maximum absolute atomic E-state index is 3.34. The molecule has 0 aromatic heterocycles. The molecule has 0 aliphatic heterocycles. The predicted molar refractivity (Wildman–Crippen MR) is 58.4 cm³/mol. The summed E-state index contributed by atoms with van der Waals surface area (Å²) >= 11 is 0. The summed E-state index contributed by atoms with van der Waals surface area (Å²) in [6, 6.07) is 10.4. The lowest BCUT2D eigenvalue weighted by Gasteiger charge is -2.05. The van der Waals surface area contributed by atoms with E-state index in [-0.39, 0.29) is 0 Å². The van der Waals surface area contributed by atoms with Crippen LogP contribution in [-0.4, -0.2) is 6.54 Å². The molecule has 1 aromatic carbocycles. The Morgan fingerprint density at radius 1 is 1.23 bits per heavy atom. The molecule has 0 unspecified atom stereocenters. The molecule has 0 radical (unpaired) electrons. The third kappa shape index (κ3) is 3.32. The lowest BCUT2D eigenvalue weighted by atomic mass is 10.2. The van der Waals surface area contributed by atoms with E-state index in [1.165, 1.54) is 11.3 Å². The molecular formula is C12H17N. The molecule has 1 rings (SSSR count). The van der Waals surface area contributed by atoms with E-state index in [1.807, 2.05) is 6.07 Å². The van der Waals surface area contributed by atoms with E-state index in [1.54, 1.807) is 0 Å². The Kier molecular flexibility index (Phi) is 4.10. The Morgan fingerprint density at radius 2 is 1.92 bits per heavy atom. The van der Waals surface area contributed by atoms with Crippen LogP contribution < -0.4 is 5.32 Å². The van der Waals surface area contributed by atoms with E-state index in [0.29, 0.717) is 0 Å². The lowest BCUT2D eigenvalue weighted by Crippen LogP contribution is -2.10. The van der Waals surface area contributed by atoms with E-state index in [9.17, 15) is 0 Å². The van der Waals surface area contributed by atoms with E-state index in [0.717, 1.165) is 13.0 Å². The van der Waals surface area contributed by atoms with E-state index in [4.69, 9.17) is 0 Å². The third-order valence-electron chi connectivity index (χ3n) is 1.93. The predicted octanol–water partition coefficient (Wildman–Crippen LogP) is 3.05. The first-order valence-corrected chi connectivity index (χ1v) is 4.86. The minimum atomic E-state index is 0.993. The summed E-state index contributed by atoms with van der Waals surface area (Å²) in [6.07, 6.45) is 3.26. The second kappa shape index (κ2) is 5.41. The van der Waals surface area contributed by atoms with Gasteiger partial charge in [-0.2, -0.15) is 0 Å². The van der Waals surface area contributed by atoms with Crippen molar-refractivity contribution in [1.29, 1.82) is 0 Å². The van der Waals surface area contributed by atoms with Gasteiger partial charge < -0.3 is 5.32 Å². The zero-order valence-electron chi connectivity index (χ0n) is 8.38. The zero-order valence-corrected chi connectivity index (χ0v) is 8.38. The molecule has 0 spiro atoms. The molecule has 0 saturated heterocycles. The average Bonchev–Trinajstić information content (AvgIpc) is 2.19. The van der Waals surface area contributed by atoms with Gasteiger partial charge in [0.25, 0.3) is 0 Å². The monoisotopic (exact) mass is 175 g/mol. The first-order valence-electron chi connectivity index (χ1n) is 4.86. The number of rotatable bonds is 4. The fourth-order valence-electron chi connectivity index (χ4n) is 1.26. The van der Waals surface area contributed by atoms with Crippen LogP contribution in [0.4, 0.5) is 0 Å². The van der Waals surface area contributed by atoms with Crippen molar-refractivity contribution in [2.24, 2.45) is 0 Å². The highest BCUT2D eigenvalue weighted by Crippen LogP contribution is 2.06. The van der Waals surface area contributed by atoms with E-state index in [2.05, 4.69) is 49.5 Å². The number of hydrogen-bond donors (Lipinski definition) is 1. The summed E-state index contributed by atoms with van der Waals surface area (Å²) < 4.78 is 0. The largest absolute Gasteiger partial charge is 0.389 e. The van der Waals surface area contributed by atoms with Crippen molar-refractivity contribution in [1.82, 2.24) is 5.32 Å². The minimum Gasteiger partial charge on any atom is -0.389 e. The molecule has 0 aliphatic rings. The van der Waals surface area contributed by atoms with Crippen molar-refractivity contribution in [3.63, 3.8) is 0 Å². The fourth-order valence-corrected chi connectivity index (χ4v) is 1.26. The Bertz CT molecular complexity index is 262. The van der Waals surface area contributed by atoms with Gasteiger partial charge in [0.15, 0.2) is 0 Å². The van der Waals surface area contributed by atoms with Gasteiger partial charge in [-0.15, -0.1) is 0 Å². The van der Waals surface area contributed by atoms with Gasteiger partial charge in [0.1, 0.15) is 0 Å². The first kappa shape index (κ1) is 9.85. The number of hydrogen-bond acceptors (Lipinski definition) is 1. The molecule has 0 bridgehead atoms. The molecule has 1 aromatic rings. The van der Waals surface area contributed by atoms with Gasteiger partial charge in [-0.05, 0) is 25.0 Å². The molecule has 1 nitrogen and oxygen atoms in total. The normalized spacial score (nSPS) is 11.4. The molecule has 0 aliphatic carbocycles. The topological polar surface area (TPSA) is 12.0 Å². The van der Waals surface area contributed by atoms with Crippen LogP contribution in [0.1, 0.15) is 25.8 Å². The maximum Gasteiger partial charge on any atom is 0.0115 e. The first-order chi connectivity index (χ1) is 6.36. The van der Waals surface area contributed by atoms with Crippen LogP contribution in [0.25, 0.3) is 6.08 Å². The van der Waals surface area contributed by atoms with Crippen LogP contribution in [0.3, 0.4) is 0 Å². The standard InChI is InChI=1S/C12H17N/c1-3-12(13-4-2)10-11-8-6-5-7-9-11/h5-10,13H,3-4H2,1-2H3. The van der Waals surface area contributed by atoms with Gasteiger partial charge >= 0.3 is 0 Å². The lowest BCUT2D eigenvalue weighted by molar-refractivity contribution is 0.815. The Labute approximate surface area is 80.5 Å². The van der Waals surface area contributed by atoms with Gasteiger partial charge in [-0.3, -0.25) is 0 Å². The highest BCUT2D eigenvalue weighted by atomic mass is 14.9. The van der Waals surface area contributed by atoms with Crippen molar-refractivity contribution < 1.29 is 0 Å². The van der Waals surface area contributed by atoms with Crippen molar-refractivity contribution in [3.05, 3.63) is 41.6 Å². The van der Waals surface area contributed by atoms with Crippen molar-refractivity contribution in [3.8, 4) is 0 Å². The molecule has 70 valence electrons. The van der Waals surface area contributed by atoms with Crippen LogP contribution in [-0.2, 0) is 0 Å². The van der Waals surface area contributed by atoms with Crippen LogP contribution in [0, 0.1) is 0 Å². The molecule has 0 fully saturated rings. The van der Waals surface area contributed by atoms with Crippen molar-refractivity contribution in [2.45, 2.75) is 20.3 Å². The highest BCUT2D eigenvalue weighted by molar-refractivity contribution is 5.51. The molecule has 0 saturated carbocycles. The summed E-state index contributed by atoms with van der Waals surface area (Å²) in [5, 5.41) is 3.34. The summed E-state index contributed by atoms with van der Waals surface area (Å²) in [5.41, 5.74) is 2.56. The summed E-state index contributed by atoms with van der Waals surface area (Å²) in [4.78, 5) is 0. The number of benzene rings is 1. The quantitative estimate of drug-likeness (QED) is 0.741. The number of allylic oxidation sites excluding steroid dienone is 1. The van der Waals surface area contributed by atoms with Gasteiger partial charge in [0, 0.05) is 12.2 Å². The van der Waals surface area contributed by atoms with Gasteiger partial charge in [-0.1, -0.05) is 37.3 Å². The van der Waals surface area contributed by atoms with Gasteiger partial charge in [0.05, 0.1) is 0 Å². The molecule has 0 atom stereocenters. The minimum absolute atomic E-state index is 0.993. The van der Waals surface area contributed by atoms with E-state index >= 15 is 0 Å². The van der Waals surface area contributed by atoms with Crippen LogP contribution >= 0.6 is 0 Å². The molecule has 13 heavy (non-hydrogen) atoms. The Hall–Kier alpha value is -1.24. The van der Waals surface area contributed by atoms with Gasteiger partial charge in [0.2, 0.25) is 0 Å². The van der Waals surface area contributed by atoms with E-state index < -0.39 is 0 Å². The smallest absolute Gasteiger partial charge is 0.0115 e. The van der Waals surface area contributed by atoms with Crippen LogP contribution in [0.15, 0.2) is 36.0 Å². The third-order valence-corrected chi connectivity index (χ3v) is 1.93. The molecule has 0 amide bonds. The summed E-state index contributed by atoms with van der Waals surface area (Å²) in [5.74, 6) is 0. The van der Waals surface area contributed by atoms with Crippen molar-refractivity contribution in [2.75, 3.05) is 6.54 Å². The Morgan fingerprint density at radius 3 is 2.46 bits per heavy atom. The highest BCUT2D eigenvalue weighted by Gasteiger charge is 1.91. The zero-order chi connectivity index (χ0) is 9.52. The van der Waals surface area contributed by atoms with Crippen LogP contribution in [0.5, 0.6) is 0 Å². The number of nitrogens with one attached hydrogen (secondary N) is 1. The second-order valence-electron chi connectivity index (χ2n) is 2.96. The second-order valence-corrected chi connectivity index (χ2v) is 2.96. The molecule has 0 heterocycles. The molecule has 1 N–H and O–H groups in total. The van der Waals surface area contributed by atoms with Crippen molar-refractivity contribution >= 4 is 6.08 Å². The van der Waals surface area contributed by atoms with Gasteiger partial charge in [-0.25, -0.2) is 0 Å². The SMILES string of the molecule is CCNC(=Cc1ccccc1)CC. The molecule has 1 heteroatoms. The average molecular weight is 175 g/mol. The fraction of sp³-hybridized carbons (Fsp3) is 0.333. The summed E-state index contributed by atoms with van der Waals surface area (Å²) in [7, 11) is 0. The summed E-state index contributed by atoms with van der Waals surface area (Å²) in [6.45, 7) is 5.28. The molecular weight excluding hydrogens is 158 g/mol. The Balaban J connectivity index is 2.73.